The van der Waals surface area contributed by atoms with Gasteiger partial charge in [0.05, 0.1) is 11.4 Å². The Morgan fingerprint density at radius 2 is 2.04 bits per heavy atom. The van der Waals surface area contributed by atoms with Crippen LogP contribution in [0.1, 0.15) is 26.5 Å². The van der Waals surface area contributed by atoms with Crippen molar-refractivity contribution in [2.75, 3.05) is 0 Å². The molecule has 0 spiro atoms. The van der Waals surface area contributed by atoms with Gasteiger partial charge in [-0.05, 0) is 30.7 Å². The molecule has 28 heavy (non-hydrogen) atoms. The van der Waals surface area contributed by atoms with Crippen LogP contribution in [0.2, 0.25) is 0 Å². The van der Waals surface area contributed by atoms with Gasteiger partial charge in [-0.25, -0.2) is 14.2 Å². The van der Waals surface area contributed by atoms with Crippen molar-refractivity contribution in [3.05, 3.63) is 86.9 Å². The predicted molar refractivity (Wildman–Crippen MR) is 110 cm³/mol. The van der Waals surface area contributed by atoms with Gasteiger partial charge in [-0.3, -0.25) is 9.78 Å². The molecule has 4 aromatic rings. The van der Waals surface area contributed by atoms with Crippen molar-refractivity contribution in [2.45, 2.75) is 6.92 Å². The van der Waals surface area contributed by atoms with Crippen LogP contribution in [-0.4, -0.2) is 25.4 Å². The molecule has 0 unspecified atom stereocenters. The van der Waals surface area contributed by atoms with Gasteiger partial charge >= 0.3 is 5.97 Å². The average Bonchev–Trinajstić information content (AvgIpc) is 3.08. The van der Waals surface area contributed by atoms with Crippen LogP contribution in [-0.2, 0) is 0 Å². The predicted octanol–water partition coefficient (Wildman–Crippen LogP) is 4.00. The number of benzene rings is 1. The first-order chi connectivity index (χ1) is 13.5. The molecule has 0 aliphatic carbocycles. The monoisotopic (exact) mass is 389 g/mol. The van der Waals surface area contributed by atoms with E-state index >= 15 is 0 Å². The first-order valence-corrected chi connectivity index (χ1v) is 9.29. The Hall–Kier alpha value is -3.58. The van der Waals surface area contributed by atoms with E-state index in [4.69, 9.17) is 0 Å². The van der Waals surface area contributed by atoms with E-state index in [-0.39, 0.29) is 10.4 Å². The molecule has 0 fully saturated rings. The SMILES string of the molecule is Cc1cccc(C=Cc2cc(=O)n3c(-c4cccnc4)c(C(=O)O)sc3n2)c1. The molecule has 3 aromatic heterocycles. The first kappa shape index (κ1) is 17.8. The van der Waals surface area contributed by atoms with Gasteiger partial charge in [-0.15, -0.1) is 0 Å². The number of aromatic nitrogens is 3. The second-order valence-electron chi connectivity index (χ2n) is 6.21. The minimum Gasteiger partial charge on any atom is -0.477 e. The highest BCUT2D eigenvalue weighted by molar-refractivity contribution is 7.19. The number of aryl methyl sites for hydroxylation is 1. The molecule has 0 aliphatic heterocycles. The van der Waals surface area contributed by atoms with Crippen molar-refractivity contribution in [1.29, 1.82) is 0 Å². The van der Waals surface area contributed by atoms with Crippen LogP contribution in [0.25, 0.3) is 28.4 Å². The second-order valence-corrected chi connectivity index (χ2v) is 7.19. The standard InChI is InChI=1S/C21H15N3O3S/c1-13-4-2-5-14(10-13)7-8-16-11-17(25)24-18(15-6-3-9-22-12-15)19(20(26)27)28-21(24)23-16/h2-12H,1H3,(H,26,27). The number of nitrogens with zero attached hydrogens (tertiary/aromatic N) is 3. The summed E-state index contributed by atoms with van der Waals surface area (Å²) in [5.41, 5.74) is 3.12. The van der Waals surface area contributed by atoms with E-state index in [1.807, 2.05) is 37.3 Å². The largest absolute Gasteiger partial charge is 0.477 e. The summed E-state index contributed by atoms with van der Waals surface area (Å²) < 4.78 is 1.33. The lowest BCUT2D eigenvalue weighted by molar-refractivity contribution is 0.0702. The minimum atomic E-state index is -1.11. The lowest BCUT2D eigenvalue weighted by atomic mass is 10.1. The third-order valence-electron chi connectivity index (χ3n) is 4.16. The molecule has 0 saturated heterocycles. The first-order valence-electron chi connectivity index (χ1n) is 8.48. The zero-order valence-corrected chi connectivity index (χ0v) is 15.7. The third-order valence-corrected chi connectivity index (χ3v) is 5.19. The molecule has 0 radical (unpaired) electrons. The highest BCUT2D eigenvalue weighted by atomic mass is 32.1. The van der Waals surface area contributed by atoms with Crippen LogP contribution in [0, 0.1) is 6.92 Å². The molecule has 138 valence electrons. The van der Waals surface area contributed by atoms with Crippen LogP contribution in [0.3, 0.4) is 0 Å². The molecule has 7 heteroatoms. The number of aromatic carboxylic acids is 1. The van der Waals surface area contributed by atoms with Crippen LogP contribution >= 0.6 is 11.3 Å². The molecular weight excluding hydrogens is 374 g/mol. The number of hydrogen-bond donors (Lipinski definition) is 1. The Morgan fingerprint density at radius 3 is 2.75 bits per heavy atom. The lowest BCUT2D eigenvalue weighted by Gasteiger charge is -2.03. The van der Waals surface area contributed by atoms with E-state index in [2.05, 4.69) is 9.97 Å². The number of carbonyl (C=O) groups is 1. The van der Waals surface area contributed by atoms with Gasteiger partial charge in [0.15, 0.2) is 4.96 Å². The van der Waals surface area contributed by atoms with E-state index in [1.54, 1.807) is 24.4 Å². The molecule has 0 saturated carbocycles. The lowest BCUT2D eigenvalue weighted by Crippen LogP contribution is -2.14. The second kappa shape index (κ2) is 7.21. The Kier molecular flexibility index (Phi) is 4.58. The van der Waals surface area contributed by atoms with Gasteiger partial charge in [0, 0.05) is 24.0 Å². The number of thiazole rings is 1. The van der Waals surface area contributed by atoms with Gasteiger partial charge in [0.25, 0.3) is 5.56 Å². The van der Waals surface area contributed by atoms with Gasteiger partial charge in [0.1, 0.15) is 4.88 Å². The summed E-state index contributed by atoms with van der Waals surface area (Å²) in [4.78, 5) is 33.4. The summed E-state index contributed by atoms with van der Waals surface area (Å²) in [5, 5.41) is 9.60. The summed E-state index contributed by atoms with van der Waals surface area (Å²) in [6, 6.07) is 12.8. The normalized spacial score (nSPS) is 11.3. The minimum absolute atomic E-state index is 0.0532. The van der Waals surface area contributed by atoms with Gasteiger partial charge in [-0.1, -0.05) is 47.2 Å². The van der Waals surface area contributed by atoms with E-state index in [0.29, 0.717) is 21.9 Å². The number of carboxylic acid groups (broad SMARTS) is 1. The van der Waals surface area contributed by atoms with Crippen molar-refractivity contribution in [2.24, 2.45) is 0 Å². The molecule has 6 nitrogen and oxygen atoms in total. The summed E-state index contributed by atoms with van der Waals surface area (Å²) in [7, 11) is 0. The number of carboxylic acids is 1. The molecule has 0 aliphatic rings. The molecule has 0 amide bonds. The zero-order chi connectivity index (χ0) is 19.7. The maximum absolute atomic E-state index is 12.8. The number of hydrogen-bond acceptors (Lipinski definition) is 5. The fraction of sp³-hybridized carbons (Fsp3) is 0.0476. The molecule has 1 N–H and O–H groups in total. The summed E-state index contributed by atoms with van der Waals surface area (Å²) >= 11 is 0.970. The van der Waals surface area contributed by atoms with Crippen molar-refractivity contribution in [3.8, 4) is 11.3 Å². The van der Waals surface area contributed by atoms with Crippen molar-refractivity contribution in [1.82, 2.24) is 14.4 Å². The third kappa shape index (κ3) is 3.35. The van der Waals surface area contributed by atoms with Crippen molar-refractivity contribution in [3.63, 3.8) is 0 Å². The highest BCUT2D eigenvalue weighted by Crippen LogP contribution is 2.30. The maximum Gasteiger partial charge on any atom is 0.348 e. The van der Waals surface area contributed by atoms with Gasteiger partial charge in [-0.2, -0.15) is 0 Å². The van der Waals surface area contributed by atoms with Crippen LogP contribution in [0.5, 0.6) is 0 Å². The van der Waals surface area contributed by atoms with Crippen molar-refractivity contribution >= 4 is 34.4 Å². The molecule has 0 atom stereocenters. The van der Waals surface area contributed by atoms with Gasteiger partial charge < -0.3 is 5.11 Å². The van der Waals surface area contributed by atoms with E-state index in [1.165, 1.54) is 16.7 Å². The van der Waals surface area contributed by atoms with E-state index in [0.717, 1.165) is 22.5 Å². The summed E-state index contributed by atoms with van der Waals surface area (Å²) in [6.45, 7) is 2.01. The Balaban J connectivity index is 1.86. The van der Waals surface area contributed by atoms with E-state index in [9.17, 15) is 14.7 Å². The molecule has 3 heterocycles. The van der Waals surface area contributed by atoms with E-state index < -0.39 is 5.97 Å². The topological polar surface area (TPSA) is 84.6 Å². The number of rotatable bonds is 4. The molecule has 0 bridgehead atoms. The van der Waals surface area contributed by atoms with Crippen LogP contribution < -0.4 is 5.56 Å². The summed E-state index contributed by atoms with van der Waals surface area (Å²) in [5.74, 6) is -1.11. The zero-order valence-electron chi connectivity index (χ0n) is 14.9. The highest BCUT2D eigenvalue weighted by Gasteiger charge is 2.21. The molecule has 4 rings (SSSR count). The average molecular weight is 389 g/mol. The fourth-order valence-corrected chi connectivity index (χ4v) is 3.94. The van der Waals surface area contributed by atoms with Gasteiger partial charge in [0.2, 0.25) is 0 Å². The Labute approximate surface area is 164 Å². The smallest absolute Gasteiger partial charge is 0.348 e. The summed E-state index contributed by atoms with van der Waals surface area (Å²) in [6.07, 6.45) is 6.75. The quantitative estimate of drug-likeness (QED) is 0.570. The molecule has 1 aromatic carbocycles. The van der Waals surface area contributed by atoms with Crippen molar-refractivity contribution < 1.29 is 9.90 Å². The fourth-order valence-electron chi connectivity index (χ4n) is 2.94. The molecular formula is C21H15N3O3S. The maximum atomic E-state index is 12.8. The van der Waals surface area contributed by atoms with Crippen LogP contribution in [0.15, 0.2) is 59.7 Å². The van der Waals surface area contributed by atoms with Crippen LogP contribution in [0.4, 0.5) is 0 Å². The Morgan fingerprint density at radius 1 is 1.18 bits per heavy atom. The number of fused-ring (bicyclic) bond motifs is 1. The Bertz CT molecular complexity index is 1270. The number of pyridine rings is 1.